The predicted molar refractivity (Wildman–Crippen MR) is 92.1 cm³/mol. The normalized spacial score (nSPS) is 10.7. The largest absolute Gasteiger partial charge is 0.205 e. The number of aromatic amines is 1. The van der Waals surface area contributed by atoms with Crippen LogP contribution in [0, 0.1) is 0 Å². The summed E-state index contributed by atoms with van der Waals surface area (Å²) in [5.41, 5.74) is 3.76. The Morgan fingerprint density at radius 2 is 1.72 bits per heavy atom. The lowest BCUT2D eigenvalue weighted by Crippen LogP contribution is -2.04. The van der Waals surface area contributed by atoms with Gasteiger partial charge in [0.15, 0.2) is 0 Å². The topological polar surface area (TPSA) is 98.1 Å². The number of hydrogen-bond acceptors (Lipinski definition) is 6. The van der Waals surface area contributed by atoms with Crippen molar-refractivity contribution in [3.63, 3.8) is 0 Å². The van der Waals surface area contributed by atoms with Crippen molar-refractivity contribution in [1.29, 1.82) is 0 Å². The highest BCUT2D eigenvalue weighted by molar-refractivity contribution is 5.76. The Kier molecular flexibility index (Phi) is 3.83. The molecule has 2 heterocycles. The molecule has 8 heteroatoms. The van der Waals surface area contributed by atoms with E-state index in [2.05, 4.69) is 42.6 Å². The van der Waals surface area contributed by atoms with E-state index in [0.29, 0.717) is 18.2 Å². The molecule has 1 N–H and O–H groups in total. The zero-order chi connectivity index (χ0) is 17.1. The van der Waals surface area contributed by atoms with Crippen LogP contribution in [-0.4, -0.2) is 40.8 Å². The summed E-state index contributed by atoms with van der Waals surface area (Å²) in [4.78, 5) is 1.56. The molecular weight excluding hydrogens is 316 g/mol. The predicted octanol–water partition coefficient (Wildman–Crippen LogP) is 2.21. The highest BCUT2D eigenvalue weighted by Gasteiger charge is 2.14. The van der Waals surface area contributed by atoms with Crippen molar-refractivity contribution >= 4 is 6.08 Å². The van der Waals surface area contributed by atoms with Crippen molar-refractivity contribution < 1.29 is 0 Å². The summed E-state index contributed by atoms with van der Waals surface area (Å²) in [7, 11) is 0. The molecule has 4 rings (SSSR count). The summed E-state index contributed by atoms with van der Waals surface area (Å²) >= 11 is 0. The van der Waals surface area contributed by atoms with E-state index in [-0.39, 0.29) is 0 Å². The SMILES string of the molecule is C=Cc1ccc(Cn2nnc(-c3ccccc3-c3nn[nH]n3)n2)cc1. The molecule has 4 aromatic rings. The van der Waals surface area contributed by atoms with Gasteiger partial charge in [-0.2, -0.15) is 10.0 Å². The Morgan fingerprint density at radius 3 is 2.40 bits per heavy atom. The molecule has 0 amide bonds. The van der Waals surface area contributed by atoms with E-state index in [1.807, 2.05) is 54.6 Å². The standard InChI is InChI=1S/C17H14N8/c1-2-12-7-9-13(10-8-12)11-25-21-17(20-24-25)15-6-4-3-5-14(15)16-18-22-23-19-16/h2-10H,1,11H2,(H,18,19,22,23). The minimum atomic E-state index is 0.493. The lowest BCUT2D eigenvalue weighted by Gasteiger charge is -2.02. The van der Waals surface area contributed by atoms with Gasteiger partial charge in [-0.3, -0.25) is 0 Å². The third-order valence-electron chi connectivity index (χ3n) is 3.75. The number of H-pyrrole nitrogens is 1. The number of nitrogens with zero attached hydrogens (tertiary/aromatic N) is 7. The Morgan fingerprint density at radius 1 is 0.960 bits per heavy atom. The average Bonchev–Trinajstić information content (AvgIpc) is 3.34. The Hall–Kier alpha value is -3.68. The lowest BCUT2D eigenvalue weighted by molar-refractivity contribution is 0.573. The molecule has 0 radical (unpaired) electrons. The maximum absolute atomic E-state index is 4.48. The van der Waals surface area contributed by atoms with Crippen molar-refractivity contribution in [1.82, 2.24) is 40.8 Å². The second-order valence-corrected chi connectivity index (χ2v) is 5.37. The minimum Gasteiger partial charge on any atom is -0.177 e. The van der Waals surface area contributed by atoms with Gasteiger partial charge in [-0.1, -0.05) is 61.2 Å². The molecule has 8 nitrogen and oxygen atoms in total. The van der Waals surface area contributed by atoms with Crippen LogP contribution >= 0.6 is 0 Å². The number of rotatable bonds is 5. The molecule has 2 aromatic heterocycles. The Bertz CT molecular complexity index is 986. The van der Waals surface area contributed by atoms with Crippen molar-refractivity contribution in [2.45, 2.75) is 6.54 Å². The first kappa shape index (κ1) is 14.9. The number of nitrogens with one attached hydrogen (secondary N) is 1. The van der Waals surface area contributed by atoms with E-state index in [1.165, 1.54) is 0 Å². The summed E-state index contributed by atoms with van der Waals surface area (Å²) in [6.45, 7) is 4.29. The highest BCUT2D eigenvalue weighted by Crippen LogP contribution is 2.26. The van der Waals surface area contributed by atoms with Crippen LogP contribution in [0.2, 0.25) is 0 Å². The fraction of sp³-hybridized carbons (Fsp3) is 0.0588. The fourth-order valence-corrected chi connectivity index (χ4v) is 2.49. The van der Waals surface area contributed by atoms with Gasteiger partial charge in [0.1, 0.15) is 0 Å². The zero-order valence-corrected chi connectivity index (χ0v) is 13.2. The van der Waals surface area contributed by atoms with Crippen LogP contribution in [0.25, 0.3) is 28.9 Å². The van der Waals surface area contributed by atoms with Gasteiger partial charge in [-0.25, -0.2) is 0 Å². The zero-order valence-electron chi connectivity index (χ0n) is 13.2. The van der Waals surface area contributed by atoms with Gasteiger partial charge >= 0.3 is 0 Å². The molecule has 0 fully saturated rings. The summed E-state index contributed by atoms with van der Waals surface area (Å²) in [5.74, 6) is 1.01. The number of hydrogen-bond donors (Lipinski definition) is 1. The molecule has 0 unspecified atom stereocenters. The molecule has 25 heavy (non-hydrogen) atoms. The number of tetrazole rings is 2. The lowest BCUT2D eigenvalue weighted by atomic mass is 10.1. The maximum atomic E-state index is 4.48. The fourth-order valence-electron chi connectivity index (χ4n) is 2.49. The van der Waals surface area contributed by atoms with Crippen LogP contribution in [0.15, 0.2) is 55.1 Å². The molecule has 0 saturated heterocycles. The summed E-state index contributed by atoms with van der Waals surface area (Å²) in [6, 6.07) is 15.7. The van der Waals surface area contributed by atoms with Crippen molar-refractivity contribution in [3.05, 3.63) is 66.2 Å². The van der Waals surface area contributed by atoms with Gasteiger partial charge < -0.3 is 0 Å². The van der Waals surface area contributed by atoms with E-state index < -0.39 is 0 Å². The van der Waals surface area contributed by atoms with E-state index in [0.717, 1.165) is 22.3 Å². The Balaban J connectivity index is 1.62. The summed E-state index contributed by atoms with van der Waals surface area (Å²) < 4.78 is 0. The minimum absolute atomic E-state index is 0.493. The van der Waals surface area contributed by atoms with Gasteiger partial charge in [0.05, 0.1) is 6.54 Å². The maximum Gasteiger partial charge on any atom is 0.205 e. The highest BCUT2D eigenvalue weighted by atomic mass is 15.6. The van der Waals surface area contributed by atoms with E-state index >= 15 is 0 Å². The first-order chi connectivity index (χ1) is 12.3. The van der Waals surface area contributed by atoms with Crippen LogP contribution in [-0.2, 0) is 6.54 Å². The van der Waals surface area contributed by atoms with Crippen LogP contribution in [0.3, 0.4) is 0 Å². The molecule has 0 saturated carbocycles. The Labute approximate surface area is 143 Å². The molecule has 0 atom stereocenters. The smallest absolute Gasteiger partial charge is 0.177 e. The van der Waals surface area contributed by atoms with Crippen molar-refractivity contribution in [2.75, 3.05) is 0 Å². The molecule has 0 aliphatic carbocycles. The van der Waals surface area contributed by atoms with Gasteiger partial charge in [-0.05, 0) is 21.6 Å². The number of benzene rings is 2. The van der Waals surface area contributed by atoms with Crippen LogP contribution in [0.4, 0.5) is 0 Å². The van der Waals surface area contributed by atoms with Gasteiger partial charge in [-0.15, -0.1) is 20.4 Å². The molecule has 0 aliphatic rings. The molecule has 0 aliphatic heterocycles. The third kappa shape index (κ3) is 3.05. The molecule has 2 aromatic carbocycles. The van der Waals surface area contributed by atoms with Gasteiger partial charge in [0.2, 0.25) is 11.6 Å². The molecular formula is C17H14N8. The van der Waals surface area contributed by atoms with E-state index in [4.69, 9.17) is 0 Å². The molecule has 122 valence electrons. The monoisotopic (exact) mass is 330 g/mol. The average molecular weight is 330 g/mol. The second kappa shape index (κ2) is 6.44. The van der Waals surface area contributed by atoms with E-state index in [1.54, 1.807) is 4.80 Å². The van der Waals surface area contributed by atoms with Crippen molar-refractivity contribution in [2.24, 2.45) is 0 Å². The van der Waals surface area contributed by atoms with Crippen LogP contribution in [0.5, 0.6) is 0 Å². The van der Waals surface area contributed by atoms with Gasteiger partial charge in [0, 0.05) is 11.1 Å². The molecule has 0 bridgehead atoms. The van der Waals surface area contributed by atoms with Crippen molar-refractivity contribution in [3.8, 4) is 22.8 Å². The van der Waals surface area contributed by atoms with Gasteiger partial charge in [0.25, 0.3) is 0 Å². The van der Waals surface area contributed by atoms with E-state index in [9.17, 15) is 0 Å². The number of aromatic nitrogens is 8. The molecule has 0 spiro atoms. The quantitative estimate of drug-likeness (QED) is 0.602. The third-order valence-corrected chi connectivity index (χ3v) is 3.75. The first-order valence-electron chi connectivity index (χ1n) is 7.66. The van der Waals surface area contributed by atoms with Crippen LogP contribution in [0.1, 0.15) is 11.1 Å². The summed E-state index contributed by atoms with van der Waals surface area (Å²) in [6.07, 6.45) is 1.81. The van der Waals surface area contributed by atoms with Crippen LogP contribution < -0.4 is 0 Å². The first-order valence-corrected chi connectivity index (χ1v) is 7.66. The summed E-state index contributed by atoms with van der Waals surface area (Å²) in [5, 5.41) is 26.9. The second-order valence-electron chi connectivity index (χ2n) is 5.37.